The van der Waals surface area contributed by atoms with E-state index < -0.39 is 11.7 Å². The Morgan fingerprint density at radius 2 is 1.68 bits per heavy atom. The number of hydrogen-bond donors (Lipinski definition) is 1. The van der Waals surface area contributed by atoms with Crippen LogP contribution in [0, 0.1) is 0 Å². The van der Waals surface area contributed by atoms with Crippen molar-refractivity contribution in [1.82, 2.24) is 14.8 Å². The number of hydrogen-bond acceptors (Lipinski definition) is 1. The molecule has 8 heteroatoms. The highest BCUT2D eigenvalue weighted by atomic mass is 35.5. The van der Waals surface area contributed by atoms with Crippen LogP contribution in [0.1, 0.15) is 11.1 Å². The predicted molar refractivity (Wildman–Crippen MR) is 118 cm³/mol. The fraction of sp³-hybridized carbons (Fsp3) is 0.0870. The minimum absolute atomic E-state index is 0.0941. The summed E-state index contributed by atoms with van der Waals surface area (Å²) in [5, 5.41) is 9.30. The molecule has 3 aromatic carbocycles. The molecule has 2 aromatic heterocycles. The van der Waals surface area contributed by atoms with Gasteiger partial charge in [0, 0.05) is 38.3 Å². The summed E-state index contributed by atoms with van der Waals surface area (Å²) in [6.45, 7) is 0.466. The summed E-state index contributed by atoms with van der Waals surface area (Å²) in [5.74, 6) is 0. The van der Waals surface area contributed by atoms with Crippen LogP contribution in [0.5, 0.6) is 0 Å². The molecule has 0 bridgehead atoms. The van der Waals surface area contributed by atoms with Crippen LogP contribution in [0.3, 0.4) is 0 Å². The molecule has 156 valence electrons. The van der Waals surface area contributed by atoms with Gasteiger partial charge in [-0.05, 0) is 35.7 Å². The van der Waals surface area contributed by atoms with Gasteiger partial charge in [-0.2, -0.15) is 18.3 Å². The maximum absolute atomic E-state index is 13.3. The van der Waals surface area contributed by atoms with Crippen molar-refractivity contribution in [1.29, 1.82) is 0 Å². The number of rotatable bonds is 3. The molecule has 0 saturated heterocycles. The van der Waals surface area contributed by atoms with Crippen LogP contribution in [-0.4, -0.2) is 14.8 Å². The lowest BCUT2D eigenvalue weighted by molar-refractivity contribution is -0.136. The van der Waals surface area contributed by atoms with Crippen molar-refractivity contribution < 1.29 is 13.2 Å². The second-order valence-electron chi connectivity index (χ2n) is 7.22. The van der Waals surface area contributed by atoms with Gasteiger partial charge < -0.3 is 4.57 Å². The van der Waals surface area contributed by atoms with Crippen LogP contribution in [0.25, 0.3) is 33.1 Å². The third-order valence-electron chi connectivity index (χ3n) is 5.34. The van der Waals surface area contributed by atoms with E-state index in [1.54, 1.807) is 24.3 Å². The van der Waals surface area contributed by atoms with E-state index >= 15 is 0 Å². The van der Waals surface area contributed by atoms with Crippen LogP contribution in [0.4, 0.5) is 13.2 Å². The summed E-state index contributed by atoms with van der Waals surface area (Å²) in [7, 11) is 0. The summed E-state index contributed by atoms with van der Waals surface area (Å²) in [4.78, 5) is 0. The Kier molecular flexibility index (Phi) is 4.72. The van der Waals surface area contributed by atoms with E-state index in [4.69, 9.17) is 23.2 Å². The summed E-state index contributed by atoms with van der Waals surface area (Å²) in [6.07, 6.45) is -2.54. The molecule has 0 aliphatic rings. The lowest BCUT2D eigenvalue weighted by Gasteiger charge is -2.10. The zero-order valence-electron chi connectivity index (χ0n) is 15.8. The van der Waals surface area contributed by atoms with Gasteiger partial charge in [0.05, 0.1) is 17.8 Å². The monoisotopic (exact) mass is 459 g/mol. The Balaban J connectivity index is 1.62. The van der Waals surface area contributed by atoms with Gasteiger partial charge in [-0.3, -0.25) is 5.10 Å². The maximum atomic E-state index is 13.3. The smallest absolute Gasteiger partial charge is 0.343 e. The fourth-order valence-corrected chi connectivity index (χ4v) is 4.33. The number of aromatic amines is 1. The molecule has 0 aliphatic heterocycles. The second kappa shape index (κ2) is 7.32. The Morgan fingerprint density at radius 1 is 0.935 bits per heavy atom. The van der Waals surface area contributed by atoms with Crippen LogP contribution in [0.15, 0.2) is 66.9 Å². The first-order chi connectivity index (χ1) is 14.8. The van der Waals surface area contributed by atoms with Gasteiger partial charge in [0.15, 0.2) is 0 Å². The molecule has 3 nitrogen and oxygen atoms in total. The largest absolute Gasteiger partial charge is 0.418 e. The van der Waals surface area contributed by atoms with E-state index in [1.165, 1.54) is 6.07 Å². The quantitative estimate of drug-likeness (QED) is 0.296. The molecule has 0 radical (unpaired) electrons. The molecule has 0 saturated carbocycles. The average molecular weight is 460 g/mol. The van der Waals surface area contributed by atoms with Gasteiger partial charge in [0.2, 0.25) is 0 Å². The SMILES string of the molecule is FC(F)(F)c1cccc2c(-c3ccc4ccn(Cc5c(Cl)cccc5Cl)c4c3)[nH]nc12. The van der Waals surface area contributed by atoms with Crippen molar-refractivity contribution in [3.63, 3.8) is 0 Å². The van der Waals surface area contributed by atoms with Crippen LogP contribution in [0.2, 0.25) is 10.0 Å². The van der Waals surface area contributed by atoms with Crippen LogP contribution in [-0.2, 0) is 12.7 Å². The van der Waals surface area contributed by atoms with Crippen molar-refractivity contribution >= 4 is 45.0 Å². The van der Waals surface area contributed by atoms with Crippen molar-refractivity contribution in [2.45, 2.75) is 12.7 Å². The highest BCUT2D eigenvalue weighted by Crippen LogP contribution is 2.37. The van der Waals surface area contributed by atoms with Crippen LogP contribution >= 0.6 is 23.2 Å². The minimum atomic E-state index is -4.47. The first-order valence-electron chi connectivity index (χ1n) is 9.39. The lowest BCUT2D eigenvalue weighted by Crippen LogP contribution is -2.05. The van der Waals surface area contributed by atoms with Crippen molar-refractivity contribution in [3.8, 4) is 11.3 Å². The topological polar surface area (TPSA) is 33.6 Å². The summed E-state index contributed by atoms with van der Waals surface area (Å²) in [5.41, 5.74) is 2.12. The van der Waals surface area contributed by atoms with E-state index in [0.717, 1.165) is 28.1 Å². The highest BCUT2D eigenvalue weighted by Gasteiger charge is 2.34. The molecule has 0 spiro atoms. The molecule has 5 rings (SSSR count). The zero-order chi connectivity index (χ0) is 21.8. The molecule has 0 aliphatic carbocycles. The number of fused-ring (bicyclic) bond motifs is 2. The van der Waals surface area contributed by atoms with E-state index in [1.807, 2.05) is 35.0 Å². The molecule has 31 heavy (non-hydrogen) atoms. The molecule has 1 N–H and O–H groups in total. The van der Waals surface area contributed by atoms with E-state index in [2.05, 4.69) is 10.2 Å². The highest BCUT2D eigenvalue weighted by molar-refractivity contribution is 6.36. The van der Waals surface area contributed by atoms with E-state index in [-0.39, 0.29) is 5.52 Å². The van der Waals surface area contributed by atoms with E-state index in [9.17, 15) is 13.2 Å². The predicted octanol–water partition coefficient (Wildman–Crippen LogP) is 7.56. The van der Waals surface area contributed by atoms with Gasteiger partial charge >= 0.3 is 6.18 Å². The molecule has 0 atom stereocenters. The Hall–Kier alpha value is -2.96. The Morgan fingerprint density at radius 3 is 2.42 bits per heavy atom. The molecule has 0 amide bonds. The number of nitrogens with zero attached hydrogens (tertiary/aromatic N) is 2. The molecule has 0 fully saturated rings. The minimum Gasteiger partial charge on any atom is -0.343 e. The molecule has 0 unspecified atom stereocenters. The third-order valence-corrected chi connectivity index (χ3v) is 6.05. The van der Waals surface area contributed by atoms with Crippen molar-refractivity contribution in [2.24, 2.45) is 0 Å². The third kappa shape index (κ3) is 3.46. The lowest BCUT2D eigenvalue weighted by atomic mass is 10.0. The Bertz CT molecular complexity index is 1410. The standard InChI is InChI=1S/C23H14Cl2F3N3/c24-18-5-2-6-19(25)16(18)12-31-10-9-13-7-8-14(11-20(13)31)21-15-3-1-4-17(23(26,27)28)22(15)30-29-21/h1-11H,12H2,(H,29,30). The van der Waals surface area contributed by atoms with E-state index in [0.29, 0.717) is 27.7 Å². The molecule has 5 aromatic rings. The number of para-hydroxylation sites is 1. The summed E-state index contributed by atoms with van der Waals surface area (Å²) in [6, 6.07) is 17.1. The molecular weight excluding hydrogens is 446 g/mol. The van der Waals surface area contributed by atoms with Crippen molar-refractivity contribution in [2.75, 3.05) is 0 Å². The molecular formula is C23H14Cl2F3N3. The first kappa shape index (κ1) is 20.0. The van der Waals surface area contributed by atoms with Gasteiger partial charge in [-0.1, -0.05) is 53.5 Å². The first-order valence-corrected chi connectivity index (χ1v) is 10.1. The van der Waals surface area contributed by atoms with Gasteiger partial charge in [0.1, 0.15) is 5.52 Å². The second-order valence-corrected chi connectivity index (χ2v) is 8.03. The van der Waals surface area contributed by atoms with Crippen LogP contribution < -0.4 is 0 Å². The number of aromatic nitrogens is 3. The van der Waals surface area contributed by atoms with Crippen molar-refractivity contribution in [3.05, 3.63) is 88.0 Å². The fourth-order valence-electron chi connectivity index (χ4n) is 3.82. The Labute approximate surface area is 185 Å². The maximum Gasteiger partial charge on any atom is 0.418 e. The number of halogens is 5. The number of H-pyrrole nitrogens is 1. The summed E-state index contributed by atoms with van der Waals surface area (Å²) < 4.78 is 42.0. The summed E-state index contributed by atoms with van der Waals surface area (Å²) >= 11 is 12.6. The average Bonchev–Trinajstić information content (AvgIpc) is 3.33. The van der Waals surface area contributed by atoms with Gasteiger partial charge in [0.25, 0.3) is 0 Å². The van der Waals surface area contributed by atoms with Gasteiger partial charge in [-0.25, -0.2) is 0 Å². The normalized spacial score (nSPS) is 12.2. The zero-order valence-corrected chi connectivity index (χ0v) is 17.4. The number of alkyl halides is 3. The number of benzene rings is 3. The van der Waals surface area contributed by atoms with Gasteiger partial charge in [-0.15, -0.1) is 0 Å². The molecule has 2 heterocycles. The number of nitrogens with one attached hydrogen (secondary N) is 1.